The molecule has 0 fully saturated rings. The average molecular weight is 497 g/mol. The van der Waals surface area contributed by atoms with Crippen molar-refractivity contribution in [2.24, 2.45) is 0 Å². The van der Waals surface area contributed by atoms with Crippen molar-refractivity contribution in [3.63, 3.8) is 0 Å². The third-order valence-corrected chi connectivity index (χ3v) is 6.50. The summed E-state index contributed by atoms with van der Waals surface area (Å²) in [6.45, 7) is 2.03. The van der Waals surface area contributed by atoms with Crippen molar-refractivity contribution >= 4 is 34.3 Å². The molecule has 2 heterocycles. The number of carbonyl (C=O) groups excluding carboxylic acids is 2. The van der Waals surface area contributed by atoms with Crippen molar-refractivity contribution in [3.8, 4) is 23.0 Å². The van der Waals surface area contributed by atoms with Gasteiger partial charge in [-0.3, -0.25) is 4.79 Å². The SMILES string of the molecule is CCCc1cc(C(=O)OC)c(NC(=O)/C(C#N)=C/c2cn(-c3ccccc3)nc2-c2ccccc2)s1. The Morgan fingerprint density at radius 1 is 1.14 bits per heavy atom. The lowest BCUT2D eigenvalue weighted by Gasteiger charge is -2.05. The second-order valence-corrected chi connectivity index (χ2v) is 9.04. The molecule has 0 aliphatic heterocycles. The first-order valence-electron chi connectivity index (χ1n) is 11.4. The maximum atomic E-state index is 13.1. The fraction of sp³-hybridized carbons (Fsp3) is 0.143. The van der Waals surface area contributed by atoms with E-state index in [1.807, 2.05) is 73.7 Å². The summed E-state index contributed by atoms with van der Waals surface area (Å²) in [5.74, 6) is -1.15. The molecule has 180 valence electrons. The summed E-state index contributed by atoms with van der Waals surface area (Å²) in [6.07, 6.45) is 4.96. The molecule has 0 saturated carbocycles. The number of ether oxygens (including phenoxy) is 1. The highest BCUT2D eigenvalue weighted by Crippen LogP contribution is 2.31. The summed E-state index contributed by atoms with van der Waals surface area (Å²) in [6, 6.07) is 22.9. The van der Waals surface area contributed by atoms with Gasteiger partial charge in [-0.15, -0.1) is 11.3 Å². The molecular formula is C28H24N4O3S. The number of methoxy groups -OCH3 is 1. The van der Waals surface area contributed by atoms with Crippen molar-refractivity contribution in [1.29, 1.82) is 5.26 Å². The zero-order valence-electron chi connectivity index (χ0n) is 19.9. The summed E-state index contributed by atoms with van der Waals surface area (Å²) in [5, 5.41) is 17.7. The molecular weight excluding hydrogens is 472 g/mol. The van der Waals surface area contributed by atoms with Crippen LogP contribution in [0.15, 0.2) is 78.5 Å². The monoisotopic (exact) mass is 496 g/mol. The van der Waals surface area contributed by atoms with E-state index >= 15 is 0 Å². The molecule has 2 aromatic heterocycles. The van der Waals surface area contributed by atoms with Gasteiger partial charge in [0.05, 0.1) is 24.1 Å². The van der Waals surface area contributed by atoms with E-state index in [4.69, 9.17) is 9.84 Å². The lowest BCUT2D eigenvalue weighted by Crippen LogP contribution is -2.15. The van der Waals surface area contributed by atoms with Crippen LogP contribution in [0.3, 0.4) is 0 Å². The van der Waals surface area contributed by atoms with Crippen LogP contribution in [-0.4, -0.2) is 28.8 Å². The van der Waals surface area contributed by atoms with Crippen molar-refractivity contribution in [2.45, 2.75) is 19.8 Å². The number of rotatable bonds is 8. The highest BCUT2D eigenvalue weighted by molar-refractivity contribution is 7.16. The summed E-state index contributed by atoms with van der Waals surface area (Å²) in [4.78, 5) is 26.3. The van der Waals surface area contributed by atoms with Crippen molar-refractivity contribution in [2.75, 3.05) is 12.4 Å². The molecule has 1 amide bonds. The zero-order chi connectivity index (χ0) is 25.5. The van der Waals surface area contributed by atoms with Crippen molar-refractivity contribution < 1.29 is 14.3 Å². The van der Waals surface area contributed by atoms with Crippen LogP contribution in [0, 0.1) is 11.3 Å². The van der Waals surface area contributed by atoms with Gasteiger partial charge in [0.25, 0.3) is 5.91 Å². The van der Waals surface area contributed by atoms with Crippen LogP contribution in [-0.2, 0) is 16.0 Å². The molecule has 7 nitrogen and oxygen atoms in total. The van der Waals surface area contributed by atoms with Crippen LogP contribution in [0.25, 0.3) is 23.0 Å². The molecule has 1 N–H and O–H groups in total. The van der Waals surface area contributed by atoms with Gasteiger partial charge in [-0.1, -0.05) is 61.9 Å². The molecule has 0 bridgehead atoms. The van der Waals surface area contributed by atoms with E-state index in [9.17, 15) is 14.9 Å². The third-order valence-electron chi connectivity index (χ3n) is 5.39. The van der Waals surface area contributed by atoms with E-state index in [2.05, 4.69) is 5.32 Å². The number of benzene rings is 2. The minimum atomic E-state index is -0.612. The third kappa shape index (κ3) is 5.43. The summed E-state index contributed by atoms with van der Waals surface area (Å²) in [7, 11) is 1.29. The van der Waals surface area contributed by atoms with Gasteiger partial charge in [-0.2, -0.15) is 10.4 Å². The van der Waals surface area contributed by atoms with E-state index in [-0.39, 0.29) is 11.1 Å². The normalized spacial score (nSPS) is 11.1. The number of nitrogens with one attached hydrogen (secondary N) is 1. The molecule has 4 aromatic rings. The largest absolute Gasteiger partial charge is 0.465 e. The van der Waals surface area contributed by atoms with Gasteiger partial charge in [-0.05, 0) is 30.7 Å². The minimum Gasteiger partial charge on any atom is -0.465 e. The van der Waals surface area contributed by atoms with Gasteiger partial charge in [-0.25, -0.2) is 9.48 Å². The van der Waals surface area contributed by atoms with Crippen LogP contribution in [0.5, 0.6) is 0 Å². The second kappa shape index (κ2) is 11.3. The molecule has 36 heavy (non-hydrogen) atoms. The van der Waals surface area contributed by atoms with Gasteiger partial charge < -0.3 is 10.1 Å². The van der Waals surface area contributed by atoms with Gasteiger partial charge in [0.2, 0.25) is 0 Å². The topological polar surface area (TPSA) is 97.0 Å². The quantitative estimate of drug-likeness (QED) is 0.186. The Labute approximate surface area is 213 Å². The van der Waals surface area contributed by atoms with Crippen molar-refractivity contribution in [1.82, 2.24) is 9.78 Å². The molecule has 0 radical (unpaired) electrons. The Morgan fingerprint density at radius 2 is 1.83 bits per heavy atom. The van der Waals surface area contributed by atoms with Crippen LogP contribution >= 0.6 is 11.3 Å². The van der Waals surface area contributed by atoms with Gasteiger partial charge in [0, 0.05) is 22.2 Å². The predicted octanol–water partition coefficient (Wildman–Crippen LogP) is 5.89. The first kappa shape index (κ1) is 24.6. The number of nitriles is 1. The van der Waals surface area contributed by atoms with Gasteiger partial charge in [0.1, 0.15) is 16.6 Å². The Balaban J connectivity index is 1.72. The second-order valence-electron chi connectivity index (χ2n) is 7.90. The lowest BCUT2D eigenvalue weighted by atomic mass is 10.1. The van der Waals surface area contributed by atoms with E-state index in [0.717, 1.165) is 29.0 Å². The Hall–Kier alpha value is -4.48. The number of hydrogen-bond donors (Lipinski definition) is 1. The molecule has 0 atom stereocenters. The van der Waals surface area contributed by atoms with Crippen LogP contribution in [0.2, 0.25) is 0 Å². The summed E-state index contributed by atoms with van der Waals surface area (Å²) >= 11 is 1.31. The maximum Gasteiger partial charge on any atom is 0.340 e. The van der Waals surface area contributed by atoms with Crippen LogP contribution < -0.4 is 5.32 Å². The van der Waals surface area contributed by atoms with E-state index in [1.165, 1.54) is 24.5 Å². The number of thiophene rings is 1. The Kier molecular flexibility index (Phi) is 7.73. The summed E-state index contributed by atoms with van der Waals surface area (Å²) < 4.78 is 6.58. The highest BCUT2D eigenvalue weighted by atomic mass is 32.1. The smallest absolute Gasteiger partial charge is 0.340 e. The molecule has 0 aliphatic carbocycles. The maximum absolute atomic E-state index is 13.1. The molecule has 0 unspecified atom stereocenters. The number of para-hydroxylation sites is 1. The Morgan fingerprint density at radius 3 is 2.47 bits per heavy atom. The number of nitrogens with zero attached hydrogens (tertiary/aromatic N) is 3. The number of anilines is 1. The number of amides is 1. The molecule has 8 heteroatoms. The van der Waals surface area contributed by atoms with Crippen LogP contribution in [0.4, 0.5) is 5.00 Å². The molecule has 0 spiro atoms. The molecule has 0 saturated heterocycles. The van der Waals surface area contributed by atoms with E-state index < -0.39 is 11.9 Å². The van der Waals surface area contributed by atoms with Crippen LogP contribution in [0.1, 0.15) is 34.1 Å². The molecule has 4 rings (SSSR count). The van der Waals surface area contributed by atoms with E-state index in [1.54, 1.807) is 16.9 Å². The summed E-state index contributed by atoms with van der Waals surface area (Å²) in [5.41, 5.74) is 3.12. The fourth-order valence-corrected chi connectivity index (χ4v) is 4.81. The Bertz CT molecular complexity index is 1450. The minimum absolute atomic E-state index is 0.110. The number of hydrogen-bond acceptors (Lipinski definition) is 6. The predicted molar refractivity (Wildman–Crippen MR) is 141 cm³/mol. The average Bonchev–Trinajstić information content (AvgIpc) is 3.52. The van der Waals surface area contributed by atoms with Crippen molar-refractivity contribution in [3.05, 3.63) is 94.5 Å². The number of aromatic nitrogens is 2. The zero-order valence-corrected chi connectivity index (χ0v) is 20.7. The standard InChI is InChI=1S/C28H24N4O3S/c1-3-10-23-16-24(28(34)35-2)27(36-23)30-26(33)20(17-29)15-21-18-32(22-13-8-5-9-14-22)31-25(21)19-11-6-4-7-12-19/h4-9,11-16,18H,3,10H2,1-2H3,(H,30,33)/b20-15+. The molecule has 2 aromatic carbocycles. The number of aryl methyl sites for hydroxylation is 1. The lowest BCUT2D eigenvalue weighted by molar-refractivity contribution is -0.112. The molecule has 0 aliphatic rings. The first-order chi connectivity index (χ1) is 17.5. The van der Waals surface area contributed by atoms with Gasteiger partial charge in [0.15, 0.2) is 0 Å². The van der Waals surface area contributed by atoms with E-state index in [0.29, 0.717) is 16.3 Å². The first-order valence-corrected chi connectivity index (χ1v) is 12.2. The number of esters is 1. The highest BCUT2D eigenvalue weighted by Gasteiger charge is 2.21. The fourth-order valence-electron chi connectivity index (χ4n) is 3.67. The number of carbonyl (C=O) groups is 2. The van der Waals surface area contributed by atoms with Gasteiger partial charge >= 0.3 is 5.97 Å².